The van der Waals surface area contributed by atoms with Crippen LogP contribution in [0.25, 0.3) is 0 Å². The molecule has 0 spiro atoms. The summed E-state index contributed by atoms with van der Waals surface area (Å²) in [5.74, 6) is -1.25. The summed E-state index contributed by atoms with van der Waals surface area (Å²) in [6.07, 6.45) is 2.40. The van der Waals surface area contributed by atoms with Crippen LogP contribution < -0.4 is 4.74 Å². The zero-order valence-electron chi connectivity index (χ0n) is 15.9. The predicted octanol–water partition coefficient (Wildman–Crippen LogP) is 4.31. The fourth-order valence-corrected chi connectivity index (χ4v) is 4.39. The van der Waals surface area contributed by atoms with Gasteiger partial charge in [0, 0.05) is 19.6 Å². The van der Waals surface area contributed by atoms with Crippen LogP contribution in [0, 0.1) is 18.8 Å². The van der Waals surface area contributed by atoms with Gasteiger partial charge < -0.3 is 19.8 Å². The summed E-state index contributed by atoms with van der Waals surface area (Å²) in [4.78, 5) is 20.8. The lowest BCUT2D eigenvalue weighted by Gasteiger charge is -2.34. The first-order chi connectivity index (χ1) is 12.6. The van der Waals surface area contributed by atoms with Gasteiger partial charge in [-0.3, -0.25) is 0 Å². The first-order valence-corrected chi connectivity index (χ1v) is 10.0. The van der Waals surface area contributed by atoms with Gasteiger partial charge >= 0.3 is 11.9 Å². The molecule has 0 aromatic heterocycles. The van der Waals surface area contributed by atoms with Gasteiger partial charge in [0.2, 0.25) is 0 Å². The molecule has 2 N–H and O–H groups in total. The Labute approximate surface area is 173 Å². The molecule has 1 aliphatic rings. The maximum absolute atomic E-state index is 9.10. The summed E-state index contributed by atoms with van der Waals surface area (Å²) in [6.45, 7) is 11.0. The number of likely N-dealkylation sites (tertiary alicyclic amines) is 1. The van der Waals surface area contributed by atoms with E-state index in [-0.39, 0.29) is 0 Å². The molecule has 2 unspecified atom stereocenters. The van der Waals surface area contributed by atoms with Crippen molar-refractivity contribution in [2.24, 2.45) is 11.8 Å². The number of hydrogen-bond donors (Lipinski definition) is 2. The molecule has 1 aromatic rings. The third-order valence-corrected chi connectivity index (χ3v) is 5.00. The molecule has 6 nitrogen and oxygen atoms in total. The number of carbonyl (C=O) groups is 2. The van der Waals surface area contributed by atoms with Crippen LogP contribution in [-0.4, -0.2) is 53.3 Å². The average Bonchev–Trinajstić information content (AvgIpc) is 2.52. The fourth-order valence-electron chi connectivity index (χ4n) is 3.26. The van der Waals surface area contributed by atoms with Crippen LogP contribution in [0.1, 0.15) is 32.3 Å². The molecule has 1 aromatic carbocycles. The first-order valence-electron chi connectivity index (χ1n) is 8.87. The summed E-state index contributed by atoms with van der Waals surface area (Å²) < 4.78 is 6.80. The summed E-state index contributed by atoms with van der Waals surface area (Å²) in [5, 5.41) is 15.5. The topological polar surface area (TPSA) is 87.1 Å². The Bertz CT molecular complexity index is 610. The monoisotopic (exact) mass is 463 g/mol. The van der Waals surface area contributed by atoms with Crippen LogP contribution in [0.3, 0.4) is 0 Å². The van der Waals surface area contributed by atoms with Gasteiger partial charge in [0.1, 0.15) is 0 Å². The minimum Gasteiger partial charge on any atom is -0.491 e. The molecule has 0 bridgehead atoms. The van der Waals surface area contributed by atoms with E-state index in [1.807, 2.05) is 19.1 Å². The van der Waals surface area contributed by atoms with Crippen LogP contribution >= 0.6 is 27.5 Å². The highest BCUT2D eigenvalue weighted by molar-refractivity contribution is 9.10. The van der Waals surface area contributed by atoms with E-state index in [4.69, 9.17) is 36.1 Å². The Hall–Kier alpha value is -1.31. The molecule has 2 atom stereocenters. The van der Waals surface area contributed by atoms with E-state index in [0.29, 0.717) is 11.6 Å². The zero-order valence-corrected chi connectivity index (χ0v) is 18.2. The molecule has 1 fully saturated rings. The maximum Gasteiger partial charge on any atom is 0.414 e. The third kappa shape index (κ3) is 8.95. The molecule has 0 amide bonds. The zero-order chi connectivity index (χ0) is 20.6. The highest BCUT2D eigenvalue weighted by atomic mass is 79.9. The van der Waals surface area contributed by atoms with Crippen LogP contribution in [0.2, 0.25) is 5.02 Å². The number of carboxylic acids is 2. The minimum absolute atomic E-state index is 0.682. The number of ether oxygens (including phenoxy) is 1. The number of piperidine rings is 1. The van der Waals surface area contributed by atoms with E-state index in [1.165, 1.54) is 19.5 Å². The Kier molecular flexibility index (Phi) is 10.1. The van der Waals surface area contributed by atoms with E-state index in [0.717, 1.165) is 40.6 Å². The number of aliphatic carboxylic acids is 2. The average molecular weight is 465 g/mol. The Balaban J connectivity index is 0.000000527. The molecule has 1 saturated heterocycles. The fraction of sp³-hybridized carbons (Fsp3) is 0.579. The molecule has 27 heavy (non-hydrogen) atoms. The number of aryl methyl sites for hydroxylation is 1. The van der Waals surface area contributed by atoms with Crippen molar-refractivity contribution >= 4 is 39.5 Å². The molecule has 8 heteroatoms. The minimum atomic E-state index is -1.82. The second-order valence-corrected chi connectivity index (χ2v) is 8.34. The maximum atomic E-state index is 9.10. The molecule has 0 radical (unpaired) electrons. The first kappa shape index (κ1) is 23.7. The van der Waals surface area contributed by atoms with Gasteiger partial charge in [0.15, 0.2) is 5.75 Å². The molecule has 152 valence electrons. The lowest BCUT2D eigenvalue weighted by atomic mass is 9.92. The summed E-state index contributed by atoms with van der Waals surface area (Å²) >= 11 is 9.76. The van der Waals surface area contributed by atoms with Gasteiger partial charge in [-0.1, -0.05) is 25.4 Å². The van der Waals surface area contributed by atoms with Crippen molar-refractivity contribution in [1.82, 2.24) is 4.90 Å². The molecule has 1 heterocycles. The largest absolute Gasteiger partial charge is 0.491 e. The molecule has 0 aliphatic carbocycles. The standard InChI is InChI=1S/C17H25BrClNO.C2H2O4/c1-12-8-15(18)17(16(19)9-12)21-6-4-5-20-10-13(2)7-14(3)11-20;3-1(4)2(5)6/h8-9,13-14H,4-7,10-11H2,1-3H3;(H,3,4)(H,5,6). The van der Waals surface area contributed by atoms with Crippen LogP contribution in [0.15, 0.2) is 16.6 Å². The van der Waals surface area contributed by atoms with Crippen molar-refractivity contribution in [3.8, 4) is 5.75 Å². The Morgan fingerprint density at radius 1 is 1.22 bits per heavy atom. The van der Waals surface area contributed by atoms with Gasteiger partial charge in [-0.25, -0.2) is 9.59 Å². The Morgan fingerprint density at radius 3 is 2.26 bits per heavy atom. The summed E-state index contributed by atoms with van der Waals surface area (Å²) in [7, 11) is 0. The highest BCUT2D eigenvalue weighted by Crippen LogP contribution is 2.34. The molecule has 2 rings (SSSR count). The second-order valence-electron chi connectivity index (χ2n) is 7.08. The number of benzene rings is 1. The van der Waals surface area contributed by atoms with Crippen molar-refractivity contribution < 1.29 is 24.5 Å². The highest BCUT2D eigenvalue weighted by Gasteiger charge is 2.21. The van der Waals surface area contributed by atoms with E-state index < -0.39 is 11.9 Å². The third-order valence-electron chi connectivity index (χ3n) is 4.14. The molecule has 0 saturated carbocycles. The predicted molar refractivity (Wildman–Crippen MR) is 109 cm³/mol. The number of carboxylic acid groups (broad SMARTS) is 2. The number of nitrogens with zero attached hydrogens (tertiary/aromatic N) is 1. The molecular formula is C19H27BrClNO5. The molecule has 1 aliphatic heterocycles. The second kappa shape index (κ2) is 11.5. The van der Waals surface area contributed by atoms with E-state index in [1.54, 1.807) is 0 Å². The van der Waals surface area contributed by atoms with Gasteiger partial charge in [-0.2, -0.15) is 0 Å². The summed E-state index contributed by atoms with van der Waals surface area (Å²) in [5.41, 5.74) is 1.13. The van der Waals surface area contributed by atoms with E-state index in [2.05, 4.69) is 34.7 Å². The van der Waals surface area contributed by atoms with Crippen LogP contribution in [0.4, 0.5) is 0 Å². The number of halogens is 2. The van der Waals surface area contributed by atoms with Crippen LogP contribution in [-0.2, 0) is 9.59 Å². The molecular weight excluding hydrogens is 438 g/mol. The summed E-state index contributed by atoms with van der Waals surface area (Å²) in [6, 6.07) is 3.98. The van der Waals surface area contributed by atoms with Gasteiger partial charge in [0.05, 0.1) is 16.1 Å². The SMILES string of the molecule is Cc1cc(Cl)c(OCCCN2CC(C)CC(C)C2)c(Br)c1.O=C(O)C(=O)O. The van der Waals surface area contributed by atoms with Gasteiger partial charge in [0.25, 0.3) is 0 Å². The Morgan fingerprint density at radius 2 is 1.78 bits per heavy atom. The smallest absolute Gasteiger partial charge is 0.414 e. The quantitative estimate of drug-likeness (QED) is 0.499. The normalized spacial score (nSPS) is 19.7. The van der Waals surface area contributed by atoms with Crippen molar-refractivity contribution in [3.05, 3.63) is 27.2 Å². The van der Waals surface area contributed by atoms with Crippen molar-refractivity contribution in [2.45, 2.75) is 33.6 Å². The van der Waals surface area contributed by atoms with Crippen molar-refractivity contribution in [3.63, 3.8) is 0 Å². The lowest BCUT2D eigenvalue weighted by Crippen LogP contribution is -2.39. The van der Waals surface area contributed by atoms with Crippen molar-refractivity contribution in [2.75, 3.05) is 26.2 Å². The van der Waals surface area contributed by atoms with Crippen molar-refractivity contribution in [1.29, 1.82) is 0 Å². The lowest BCUT2D eigenvalue weighted by molar-refractivity contribution is -0.159. The number of hydrogen-bond acceptors (Lipinski definition) is 4. The van der Waals surface area contributed by atoms with E-state index in [9.17, 15) is 0 Å². The van der Waals surface area contributed by atoms with Gasteiger partial charge in [-0.15, -0.1) is 0 Å². The van der Waals surface area contributed by atoms with E-state index >= 15 is 0 Å². The van der Waals surface area contributed by atoms with Crippen LogP contribution in [0.5, 0.6) is 5.75 Å². The number of rotatable bonds is 5. The van der Waals surface area contributed by atoms with Gasteiger partial charge in [-0.05, 0) is 65.2 Å².